The summed E-state index contributed by atoms with van der Waals surface area (Å²) in [6.45, 7) is 23.8. The molecule has 0 bridgehead atoms. The van der Waals surface area contributed by atoms with Crippen molar-refractivity contribution < 1.29 is 9.59 Å². The Kier molecular flexibility index (Phi) is 12.7. The van der Waals surface area contributed by atoms with E-state index in [4.69, 9.17) is 9.97 Å². The lowest BCUT2D eigenvalue weighted by atomic mass is 9.87. The van der Waals surface area contributed by atoms with E-state index < -0.39 is 8.07 Å². The third-order valence-electron chi connectivity index (χ3n) is 13.3. The minimum atomic E-state index is -1.72. The van der Waals surface area contributed by atoms with E-state index in [2.05, 4.69) is 159 Å². The van der Waals surface area contributed by atoms with Crippen molar-refractivity contribution in [3.05, 3.63) is 125 Å². The first-order valence-corrected chi connectivity index (χ1v) is 26.7. The molecule has 3 atom stereocenters. The van der Waals surface area contributed by atoms with E-state index in [1.54, 1.807) is 0 Å². The zero-order valence-electron chi connectivity index (χ0n) is 39.0. The van der Waals surface area contributed by atoms with E-state index in [1.807, 2.05) is 23.1 Å². The summed E-state index contributed by atoms with van der Waals surface area (Å²) in [5, 5.41) is 0. The first-order valence-electron chi connectivity index (χ1n) is 23.3. The van der Waals surface area contributed by atoms with Crippen molar-refractivity contribution in [3.63, 3.8) is 0 Å². The van der Waals surface area contributed by atoms with Crippen molar-refractivity contribution in [2.75, 3.05) is 30.7 Å². The van der Waals surface area contributed by atoms with Gasteiger partial charge in [-0.1, -0.05) is 116 Å². The van der Waals surface area contributed by atoms with Crippen LogP contribution < -0.4 is 4.90 Å². The molecule has 0 aliphatic carbocycles. The van der Waals surface area contributed by atoms with Gasteiger partial charge < -0.3 is 24.7 Å². The number of aromatic amines is 2. The molecular formula is C52H68N8O2Si. The number of benzene rings is 4. The number of anilines is 1. The highest BCUT2D eigenvalue weighted by molar-refractivity contribution is 6.78. The molecule has 2 aromatic heterocycles. The number of carbonyl (C=O) groups excluding carboxylic acids is 2. The van der Waals surface area contributed by atoms with Crippen molar-refractivity contribution >= 4 is 47.6 Å². The number of nitrogens with one attached hydrogen (secondary N) is 2. The Morgan fingerprint density at radius 2 is 1.38 bits per heavy atom. The lowest BCUT2D eigenvalue weighted by Crippen LogP contribution is -2.44. The maximum Gasteiger partial charge on any atom is 0.244 e. The molecule has 2 amide bonds. The van der Waals surface area contributed by atoms with Crippen LogP contribution in [0, 0.1) is 5.92 Å². The molecule has 2 fully saturated rings. The number of H-pyrrole nitrogens is 2. The van der Waals surface area contributed by atoms with Gasteiger partial charge in [-0.3, -0.25) is 14.5 Å². The summed E-state index contributed by atoms with van der Waals surface area (Å²) < 4.78 is 0. The molecule has 10 nitrogen and oxygen atoms in total. The van der Waals surface area contributed by atoms with Crippen LogP contribution in [0.4, 0.5) is 5.69 Å². The van der Waals surface area contributed by atoms with Gasteiger partial charge in [-0.2, -0.15) is 0 Å². The second kappa shape index (κ2) is 18.1. The molecule has 3 unspecified atom stereocenters. The van der Waals surface area contributed by atoms with Gasteiger partial charge in [-0.05, 0) is 102 Å². The normalized spacial score (nSPS) is 18.3. The summed E-state index contributed by atoms with van der Waals surface area (Å²) >= 11 is 0. The van der Waals surface area contributed by atoms with Crippen LogP contribution in [-0.2, 0) is 28.1 Å². The Balaban J connectivity index is 1.07. The number of nitrogens with zero attached hydrogens (tertiary/aromatic N) is 6. The van der Waals surface area contributed by atoms with E-state index >= 15 is 0 Å². The molecule has 0 saturated carbocycles. The molecule has 332 valence electrons. The van der Waals surface area contributed by atoms with Crippen LogP contribution in [0.5, 0.6) is 0 Å². The fraction of sp³-hybridized carbons (Fsp3) is 0.462. The van der Waals surface area contributed by atoms with Crippen LogP contribution in [0.1, 0.15) is 120 Å². The minimum Gasteiger partial charge on any atom is -0.363 e. The topological polar surface area (TPSA) is 104 Å². The summed E-state index contributed by atoms with van der Waals surface area (Å²) in [7, 11) is -1.72. The van der Waals surface area contributed by atoms with Crippen LogP contribution in [-0.4, -0.2) is 80.3 Å². The zero-order valence-corrected chi connectivity index (χ0v) is 40.0. The largest absolute Gasteiger partial charge is 0.363 e. The van der Waals surface area contributed by atoms with Gasteiger partial charge in [-0.25, -0.2) is 9.97 Å². The quantitative estimate of drug-likeness (QED) is 0.106. The van der Waals surface area contributed by atoms with Gasteiger partial charge in [0.2, 0.25) is 11.8 Å². The minimum absolute atomic E-state index is 0.00711. The molecule has 0 spiro atoms. The van der Waals surface area contributed by atoms with Crippen LogP contribution in [0.15, 0.2) is 91.0 Å². The lowest BCUT2D eigenvalue weighted by Gasteiger charge is -2.34. The zero-order chi connectivity index (χ0) is 44.6. The van der Waals surface area contributed by atoms with E-state index in [0.717, 1.165) is 89.7 Å². The Hall–Kier alpha value is -5.26. The third kappa shape index (κ3) is 9.65. The summed E-state index contributed by atoms with van der Waals surface area (Å²) in [6, 6.07) is 32.9. The van der Waals surface area contributed by atoms with Gasteiger partial charge >= 0.3 is 0 Å². The van der Waals surface area contributed by atoms with E-state index in [0.29, 0.717) is 25.4 Å². The molecule has 2 aliphatic rings. The van der Waals surface area contributed by atoms with Crippen molar-refractivity contribution in [2.24, 2.45) is 5.92 Å². The monoisotopic (exact) mass is 865 g/mol. The van der Waals surface area contributed by atoms with E-state index in [9.17, 15) is 9.59 Å². The molecule has 0 radical (unpaired) electrons. The molecule has 4 heterocycles. The van der Waals surface area contributed by atoms with Gasteiger partial charge in [0.25, 0.3) is 0 Å². The molecule has 4 aromatic carbocycles. The second-order valence-corrected chi connectivity index (χ2v) is 25.4. The molecule has 6 aromatic rings. The number of imidazole rings is 2. The fourth-order valence-electron chi connectivity index (χ4n) is 9.97. The van der Waals surface area contributed by atoms with Crippen LogP contribution in [0.3, 0.4) is 0 Å². The molecule has 63 heavy (non-hydrogen) atoms. The summed E-state index contributed by atoms with van der Waals surface area (Å²) in [5.41, 5.74) is 9.74. The summed E-state index contributed by atoms with van der Waals surface area (Å²) in [6.07, 6.45) is 3.30. The number of carbonyl (C=O) groups is 2. The van der Waals surface area contributed by atoms with Gasteiger partial charge in [-0.15, -0.1) is 0 Å². The highest BCUT2D eigenvalue weighted by Gasteiger charge is 2.46. The average molecular weight is 865 g/mol. The number of aromatic nitrogens is 4. The second-order valence-electron chi connectivity index (χ2n) is 20.3. The standard InChI is InChI=1S/C52H68N8O2Si/c1-10-57(11-2)48(38-16-13-12-14-17-38)51(62)60-34-63(8,9)33-46(60)50-54-42-26-20-37(30-44(42)56-50)32-58(40-23-21-39(22-24-40)52(5,6)7)31-36-19-25-41-43(29-36)55-49(53-41)45-18-15-27-59(45)47(61)28-35(3)4/h12-14,16-17,19-26,29-30,35,45-46,48H,10-11,15,18,27-28,31-34H2,1-9H3,(H,53,55)(H,54,56). The number of hydrogen-bond acceptors (Lipinski definition) is 6. The Labute approximate surface area is 375 Å². The van der Waals surface area contributed by atoms with E-state index in [1.165, 1.54) is 16.7 Å². The smallest absolute Gasteiger partial charge is 0.244 e. The Bertz CT molecular complexity index is 2530. The molecule has 2 N–H and O–H groups in total. The Morgan fingerprint density at radius 1 is 0.794 bits per heavy atom. The van der Waals surface area contributed by atoms with E-state index in [-0.39, 0.29) is 35.4 Å². The third-order valence-corrected chi connectivity index (χ3v) is 16.0. The van der Waals surface area contributed by atoms with Crippen LogP contribution in [0.25, 0.3) is 22.1 Å². The highest BCUT2D eigenvalue weighted by atomic mass is 28.3. The first-order chi connectivity index (χ1) is 30.1. The number of amides is 2. The predicted octanol–water partition coefficient (Wildman–Crippen LogP) is 10.9. The lowest BCUT2D eigenvalue weighted by molar-refractivity contribution is -0.138. The van der Waals surface area contributed by atoms with Crippen molar-refractivity contribution in [1.82, 2.24) is 34.6 Å². The SMILES string of the molecule is CCN(CC)C(C(=O)N1C[Si](C)(C)CC1c1nc2ccc(CN(Cc3ccc4nc(C5CCCN5C(=O)CC(C)C)[nH]c4c3)c3ccc(C(C)(C)C)cc3)cc2[nH]1)c1ccccc1. The maximum atomic E-state index is 14.8. The first kappa shape index (κ1) is 44.3. The van der Waals surface area contributed by atoms with Crippen LogP contribution in [0.2, 0.25) is 19.1 Å². The molecule has 2 aliphatic heterocycles. The van der Waals surface area contributed by atoms with Gasteiger partial charge in [0.1, 0.15) is 17.7 Å². The number of likely N-dealkylation sites (tertiary alicyclic amines) is 1. The van der Waals surface area contributed by atoms with Gasteiger partial charge in [0, 0.05) is 37.9 Å². The average Bonchev–Trinajstić information content (AvgIpc) is 4.06. The summed E-state index contributed by atoms with van der Waals surface area (Å²) in [5.74, 6) is 2.48. The van der Waals surface area contributed by atoms with Crippen molar-refractivity contribution in [3.8, 4) is 0 Å². The number of likely N-dealkylation sites (N-methyl/N-ethyl adjacent to an activating group) is 1. The number of rotatable bonds is 14. The summed E-state index contributed by atoms with van der Waals surface area (Å²) in [4.78, 5) is 54.4. The van der Waals surface area contributed by atoms with Crippen LogP contribution >= 0.6 is 0 Å². The van der Waals surface area contributed by atoms with Gasteiger partial charge in [0.15, 0.2) is 0 Å². The van der Waals surface area contributed by atoms with Gasteiger partial charge in [0.05, 0.1) is 42.2 Å². The number of fused-ring (bicyclic) bond motifs is 2. The fourth-order valence-corrected chi connectivity index (χ4v) is 12.9. The molecule has 11 heteroatoms. The molecular weight excluding hydrogens is 797 g/mol. The predicted molar refractivity (Wildman–Crippen MR) is 259 cm³/mol. The molecule has 2 saturated heterocycles. The Morgan fingerprint density at radius 3 is 1.94 bits per heavy atom. The highest BCUT2D eigenvalue weighted by Crippen LogP contribution is 2.40. The van der Waals surface area contributed by atoms with Crippen molar-refractivity contribution in [2.45, 2.75) is 123 Å². The molecule has 8 rings (SSSR count). The number of hydrogen-bond donors (Lipinski definition) is 2. The maximum absolute atomic E-state index is 14.8. The van der Waals surface area contributed by atoms with Crippen molar-refractivity contribution in [1.29, 1.82) is 0 Å².